The van der Waals surface area contributed by atoms with Gasteiger partial charge in [0.2, 0.25) is 0 Å². The van der Waals surface area contributed by atoms with Gasteiger partial charge in [0, 0.05) is 8.22 Å². The molecule has 0 aliphatic rings. The van der Waals surface area contributed by atoms with E-state index in [9.17, 15) is 4.79 Å². The maximum Gasteiger partial charge on any atom is 0.308 e. The monoisotopic (exact) mass is 178 g/mol. The summed E-state index contributed by atoms with van der Waals surface area (Å²) < 4.78 is 47.2. The van der Waals surface area contributed by atoms with Crippen molar-refractivity contribution in [2.75, 3.05) is 6.61 Å². The van der Waals surface area contributed by atoms with Gasteiger partial charge in [-0.25, -0.2) is 0 Å². The van der Waals surface area contributed by atoms with Crippen molar-refractivity contribution in [3.8, 4) is 0 Å². The Morgan fingerprint density at radius 3 is 2.67 bits per heavy atom. The molecule has 0 aliphatic heterocycles. The summed E-state index contributed by atoms with van der Waals surface area (Å²) in [4.78, 5) is 11.5. The lowest BCUT2D eigenvalue weighted by molar-refractivity contribution is -0.149. The molecular weight excluding hydrogens is 152 g/mol. The number of hydrogen-bond donors (Lipinski definition) is 0. The van der Waals surface area contributed by atoms with E-state index in [4.69, 9.17) is 13.0 Å². The highest BCUT2D eigenvalue weighted by Crippen LogP contribution is 2.06. The lowest BCUT2D eigenvalue weighted by atomic mass is 10.1. The van der Waals surface area contributed by atoms with E-state index in [2.05, 4.69) is 0 Å². The van der Waals surface area contributed by atoms with E-state index in [1.807, 2.05) is 0 Å². The molecule has 0 heterocycles. The first kappa shape index (κ1) is 4.64. The quantitative estimate of drug-likeness (QED) is 0.605. The van der Waals surface area contributed by atoms with Crippen molar-refractivity contribution < 1.29 is 17.8 Å². The number of carbonyl (C=O) groups excluding carboxylic acids is 1. The second-order valence-electron chi connectivity index (χ2n) is 3.04. The van der Waals surface area contributed by atoms with Gasteiger partial charge in [0.05, 0.1) is 12.5 Å². The standard InChI is InChI=1S/C10H20O2/c1-5-8(3)7-12-10(11)9(4)6-2/h8-9H,5-7H2,1-4H3/i1D3,2D3. The van der Waals surface area contributed by atoms with E-state index in [-0.39, 0.29) is 25.4 Å². The van der Waals surface area contributed by atoms with Crippen LogP contribution in [0.5, 0.6) is 0 Å². The zero-order valence-electron chi connectivity index (χ0n) is 13.6. The fourth-order valence-corrected chi connectivity index (χ4v) is 0.509. The van der Waals surface area contributed by atoms with Crippen LogP contribution in [0.25, 0.3) is 0 Å². The predicted molar refractivity (Wildman–Crippen MR) is 49.9 cm³/mol. The molecule has 72 valence electrons. The molecule has 0 N–H and O–H groups in total. The second-order valence-corrected chi connectivity index (χ2v) is 3.04. The average molecular weight is 178 g/mol. The van der Waals surface area contributed by atoms with Crippen molar-refractivity contribution in [2.24, 2.45) is 11.8 Å². The van der Waals surface area contributed by atoms with Crippen LogP contribution in [0.1, 0.15) is 48.6 Å². The van der Waals surface area contributed by atoms with Crippen LogP contribution in [-0.2, 0) is 9.53 Å². The summed E-state index contributed by atoms with van der Waals surface area (Å²) in [5.41, 5.74) is 0. The van der Waals surface area contributed by atoms with Crippen LogP contribution < -0.4 is 0 Å². The van der Waals surface area contributed by atoms with E-state index < -0.39 is 25.6 Å². The van der Waals surface area contributed by atoms with Gasteiger partial charge in [0.25, 0.3) is 0 Å². The second kappa shape index (κ2) is 6.04. The SMILES string of the molecule is [2H]C([2H])([2H])CC(C)COC(=O)C(C)CC([2H])([2H])[2H]. The maximum atomic E-state index is 11.5. The molecule has 0 radical (unpaired) electrons. The van der Waals surface area contributed by atoms with E-state index in [0.717, 1.165) is 0 Å². The van der Waals surface area contributed by atoms with E-state index in [0.29, 0.717) is 0 Å². The van der Waals surface area contributed by atoms with Crippen molar-refractivity contribution in [3.63, 3.8) is 0 Å². The first-order chi connectivity index (χ1) is 7.91. The van der Waals surface area contributed by atoms with E-state index in [1.165, 1.54) is 6.92 Å². The Morgan fingerprint density at radius 1 is 1.42 bits per heavy atom. The van der Waals surface area contributed by atoms with Crippen molar-refractivity contribution in [1.29, 1.82) is 0 Å². The number of esters is 1. The maximum absolute atomic E-state index is 11.5. The summed E-state index contributed by atoms with van der Waals surface area (Å²) in [6, 6.07) is 0. The molecule has 0 saturated heterocycles. The summed E-state index contributed by atoms with van der Waals surface area (Å²) >= 11 is 0. The molecular formula is C10H20O2. The summed E-state index contributed by atoms with van der Waals surface area (Å²) in [7, 11) is 0. The minimum Gasteiger partial charge on any atom is -0.465 e. The Kier molecular flexibility index (Phi) is 2.33. The summed E-state index contributed by atoms with van der Waals surface area (Å²) in [5.74, 6) is -1.58. The number of hydrogen-bond acceptors (Lipinski definition) is 2. The van der Waals surface area contributed by atoms with Crippen molar-refractivity contribution in [1.82, 2.24) is 0 Å². The van der Waals surface area contributed by atoms with Gasteiger partial charge in [-0.15, -0.1) is 0 Å². The van der Waals surface area contributed by atoms with Gasteiger partial charge in [-0.05, 0) is 12.3 Å². The minimum atomic E-state index is -2.16. The van der Waals surface area contributed by atoms with Gasteiger partial charge in [0.1, 0.15) is 0 Å². The van der Waals surface area contributed by atoms with Crippen molar-refractivity contribution >= 4 is 5.97 Å². The minimum absolute atomic E-state index is 0.00254. The normalized spacial score (nSPS) is 24.8. The molecule has 0 bridgehead atoms. The van der Waals surface area contributed by atoms with Gasteiger partial charge < -0.3 is 4.74 Å². The molecule has 12 heavy (non-hydrogen) atoms. The topological polar surface area (TPSA) is 26.3 Å². The third kappa shape index (κ3) is 4.37. The third-order valence-electron chi connectivity index (χ3n) is 1.57. The number of carbonyl (C=O) groups is 1. The number of ether oxygens (including phenoxy) is 1. The van der Waals surface area contributed by atoms with Crippen LogP contribution in [0, 0.1) is 11.8 Å². The summed E-state index contributed by atoms with van der Waals surface area (Å²) in [6.07, 6.45) is -0.270. The van der Waals surface area contributed by atoms with Crippen LogP contribution in [0.4, 0.5) is 0 Å². The summed E-state index contributed by atoms with van der Waals surface area (Å²) in [6.45, 7) is -1.04. The zero-order chi connectivity index (χ0) is 14.6. The summed E-state index contributed by atoms with van der Waals surface area (Å²) in [5, 5.41) is 0. The Labute approximate surface area is 83.7 Å². The Balaban J connectivity index is 4.03. The molecule has 2 heteroatoms. The lowest BCUT2D eigenvalue weighted by Gasteiger charge is -2.12. The molecule has 2 unspecified atom stereocenters. The average Bonchev–Trinajstić information content (AvgIpc) is 2.08. The Bertz CT molecular complexity index is 271. The molecule has 0 amide bonds. The van der Waals surface area contributed by atoms with Crippen molar-refractivity contribution in [3.05, 3.63) is 0 Å². The molecule has 0 aromatic carbocycles. The van der Waals surface area contributed by atoms with Crippen LogP contribution in [0.2, 0.25) is 0 Å². The highest BCUT2D eigenvalue weighted by atomic mass is 16.5. The van der Waals surface area contributed by atoms with Crippen molar-refractivity contribution in [2.45, 2.75) is 40.4 Å². The molecule has 0 saturated carbocycles. The van der Waals surface area contributed by atoms with E-state index in [1.54, 1.807) is 6.92 Å². The van der Waals surface area contributed by atoms with Crippen LogP contribution >= 0.6 is 0 Å². The predicted octanol–water partition coefficient (Wildman–Crippen LogP) is 2.62. The van der Waals surface area contributed by atoms with Gasteiger partial charge >= 0.3 is 5.97 Å². The smallest absolute Gasteiger partial charge is 0.308 e. The molecule has 2 atom stereocenters. The van der Waals surface area contributed by atoms with Gasteiger partial charge in [0.15, 0.2) is 0 Å². The molecule has 0 aromatic heterocycles. The van der Waals surface area contributed by atoms with Gasteiger partial charge in [-0.1, -0.05) is 34.0 Å². The van der Waals surface area contributed by atoms with Gasteiger partial charge in [-0.2, -0.15) is 0 Å². The fraction of sp³-hybridized carbons (Fsp3) is 0.900. The van der Waals surface area contributed by atoms with Crippen LogP contribution in [0.3, 0.4) is 0 Å². The highest BCUT2D eigenvalue weighted by Gasteiger charge is 2.12. The molecule has 0 fully saturated rings. The van der Waals surface area contributed by atoms with Gasteiger partial charge in [-0.3, -0.25) is 4.79 Å². The Morgan fingerprint density at radius 2 is 2.08 bits per heavy atom. The largest absolute Gasteiger partial charge is 0.465 e. The molecule has 0 spiro atoms. The van der Waals surface area contributed by atoms with Crippen LogP contribution in [-0.4, -0.2) is 12.6 Å². The third-order valence-corrected chi connectivity index (χ3v) is 1.57. The van der Waals surface area contributed by atoms with E-state index >= 15 is 0 Å². The van der Waals surface area contributed by atoms with Crippen LogP contribution in [0.15, 0.2) is 0 Å². The highest BCUT2D eigenvalue weighted by molar-refractivity contribution is 5.71. The fourth-order valence-electron chi connectivity index (χ4n) is 0.509. The first-order valence-corrected chi connectivity index (χ1v) is 4.07. The molecule has 2 nitrogen and oxygen atoms in total. The molecule has 0 aliphatic carbocycles. The molecule has 0 aromatic rings. The zero-order valence-corrected chi connectivity index (χ0v) is 7.59. The number of rotatable bonds is 5. The lowest BCUT2D eigenvalue weighted by Crippen LogP contribution is -2.17. The first-order valence-electron chi connectivity index (χ1n) is 7.07. The molecule has 0 rings (SSSR count). The Hall–Kier alpha value is -0.530.